The highest BCUT2D eigenvalue weighted by Crippen LogP contribution is 2.32. The van der Waals surface area contributed by atoms with Crippen molar-refractivity contribution in [2.75, 3.05) is 54.2 Å². The highest BCUT2D eigenvalue weighted by atomic mass is 16.5. The van der Waals surface area contributed by atoms with E-state index in [0.29, 0.717) is 43.4 Å². The lowest BCUT2D eigenvalue weighted by Gasteiger charge is -2.44. The maximum Gasteiger partial charge on any atom is 0.257 e. The van der Waals surface area contributed by atoms with E-state index >= 15 is 0 Å². The monoisotopic (exact) mass is 420 g/mol. The summed E-state index contributed by atoms with van der Waals surface area (Å²) in [5.74, 6) is 0.823. The first-order valence-corrected chi connectivity index (χ1v) is 10.5. The fourth-order valence-electron chi connectivity index (χ4n) is 4.46. The predicted octanol–water partition coefficient (Wildman–Crippen LogP) is 1.96. The Morgan fingerprint density at radius 1 is 1.10 bits per heavy atom. The number of para-hydroxylation sites is 1. The number of hydrogen-bond donors (Lipinski definition) is 0. The standard InChI is InChI=1S/C22H32N2O6/c1-27-15-20(25)24(16-9-12-30-13-10-16)17-6-5-11-23(14-17)22(26)18-7-4-8-19(28-2)21(18)29-3/h4,7-8,16-17H,5-6,9-15H2,1-3H3. The van der Waals surface area contributed by atoms with E-state index in [-0.39, 0.29) is 30.5 Å². The molecular formula is C22H32N2O6. The number of rotatable bonds is 7. The highest BCUT2D eigenvalue weighted by Gasteiger charge is 2.36. The lowest BCUT2D eigenvalue weighted by Crippen LogP contribution is -2.56. The number of ether oxygens (including phenoxy) is 4. The molecule has 1 aromatic rings. The SMILES string of the molecule is COCC(=O)N(C1CCOCC1)C1CCCN(C(=O)c2cccc(OC)c2OC)C1. The van der Waals surface area contributed by atoms with Crippen LogP contribution >= 0.6 is 0 Å². The molecule has 30 heavy (non-hydrogen) atoms. The van der Waals surface area contributed by atoms with Gasteiger partial charge in [0.25, 0.3) is 5.91 Å². The fourth-order valence-corrected chi connectivity index (χ4v) is 4.46. The second kappa shape index (κ2) is 10.6. The van der Waals surface area contributed by atoms with Crippen molar-refractivity contribution in [2.24, 2.45) is 0 Å². The lowest BCUT2D eigenvalue weighted by atomic mass is 9.97. The summed E-state index contributed by atoms with van der Waals surface area (Å²) in [5.41, 5.74) is 0.471. The first kappa shape index (κ1) is 22.4. The second-order valence-corrected chi connectivity index (χ2v) is 7.67. The molecular weight excluding hydrogens is 388 g/mol. The maximum absolute atomic E-state index is 13.3. The number of hydrogen-bond acceptors (Lipinski definition) is 6. The summed E-state index contributed by atoms with van der Waals surface area (Å²) in [6.45, 7) is 2.49. The largest absolute Gasteiger partial charge is 0.493 e. The summed E-state index contributed by atoms with van der Waals surface area (Å²) < 4.78 is 21.4. The Morgan fingerprint density at radius 2 is 1.87 bits per heavy atom. The smallest absolute Gasteiger partial charge is 0.257 e. The van der Waals surface area contributed by atoms with Gasteiger partial charge in [0.2, 0.25) is 5.91 Å². The fraction of sp³-hybridized carbons (Fsp3) is 0.636. The molecule has 0 bridgehead atoms. The van der Waals surface area contributed by atoms with Gasteiger partial charge in [0.05, 0.1) is 19.8 Å². The van der Waals surface area contributed by atoms with Crippen LogP contribution in [0.3, 0.4) is 0 Å². The van der Waals surface area contributed by atoms with Crippen LogP contribution in [0, 0.1) is 0 Å². The number of carbonyl (C=O) groups excluding carboxylic acids is 2. The van der Waals surface area contributed by atoms with Gasteiger partial charge >= 0.3 is 0 Å². The van der Waals surface area contributed by atoms with Crippen LogP contribution in [0.4, 0.5) is 0 Å². The summed E-state index contributed by atoms with van der Waals surface area (Å²) in [5, 5.41) is 0. The van der Waals surface area contributed by atoms with E-state index in [2.05, 4.69) is 0 Å². The van der Waals surface area contributed by atoms with Gasteiger partial charge in [-0.05, 0) is 37.8 Å². The summed E-state index contributed by atoms with van der Waals surface area (Å²) in [7, 11) is 4.62. The molecule has 8 heteroatoms. The van der Waals surface area contributed by atoms with Crippen molar-refractivity contribution in [3.8, 4) is 11.5 Å². The van der Waals surface area contributed by atoms with Gasteiger partial charge in [0, 0.05) is 45.5 Å². The molecule has 1 atom stereocenters. The van der Waals surface area contributed by atoms with Crippen LogP contribution in [-0.4, -0.2) is 87.9 Å². The van der Waals surface area contributed by atoms with E-state index in [4.69, 9.17) is 18.9 Å². The van der Waals surface area contributed by atoms with Crippen LogP contribution in [-0.2, 0) is 14.3 Å². The Bertz CT molecular complexity index is 734. The number of piperidine rings is 1. The van der Waals surface area contributed by atoms with E-state index < -0.39 is 0 Å². The van der Waals surface area contributed by atoms with E-state index in [9.17, 15) is 9.59 Å². The van der Waals surface area contributed by atoms with Crippen LogP contribution in [0.25, 0.3) is 0 Å². The molecule has 0 N–H and O–H groups in total. The summed E-state index contributed by atoms with van der Waals surface area (Å²) in [4.78, 5) is 30.0. The van der Waals surface area contributed by atoms with Crippen molar-refractivity contribution < 1.29 is 28.5 Å². The van der Waals surface area contributed by atoms with E-state index in [1.807, 2.05) is 9.80 Å². The van der Waals surface area contributed by atoms with Crippen LogP contribution in [0.5, 0.6) is 11.5 Å². The summed E-state index contributed by atoms with van der Waals surface area (Å²) >= 11 is 0. The molecule has 3 rings (SSSR count). The zero-order valence-electron chi connectivity index (χ0n) is 18.1. The maximum atomic E-state index is 13.3. The number of methoxy groups -OCH3 is 3. The van der Waals surface area contributed by atoms with Gasteiger partial charge in [-0.15, -0.1) is 0 Å². The van der Waals surface area contributed by atoms with Crippen LogP contribution < -0.4 is 9.47 Å². The molecule has 2 heterocycles. The highest BCUT2D eigenvalue weighted by molar-refractivity contribution is 5.98. The van der Waals surface area contributed by atoms with Crippen LogP contribution in [0.15, 0.2) is 18.2 Å². The minimum absolute atomic E-state index is 0.0253. The predicted molar refractivity (Wildman–Crippen MR) is 111 cm³/mol. The molecule has 166 valence electrons. The molecule has 2 aliphatic rings. The first-order chi connectivity index (χ1) is 14.6. The van der Waals surface area contributed by atoms with E-state index in [0.717, 1.165) is 25.7 Å². The van der Waals surface area contributed by atoms with Crippen molar-refractivity contribution in [2.45, 2.75) is 37.8 Å². The van der Waals surface area contributed by atoms with Gasteiger partial charge < -0.3 is 28.7 Å². The van der Waals surface area contributed by atoms with E-state index in [1.54, 1.807) is 25.3 Å². The molecule has 0 saturated carbocycles. The minimum atomic E-state index is -0.110. The van der Waals surface area contributed by atoms with E-state index in [1.165, 1.54) is 14.2 Å². The summed E-state index contributed by atoms with van der Waals surface area (Å²) in [6.07, 6.45) is 3.32. The third-order valence-corrected chi connectivity index (χ3v) is 5.85. The molecule has 2 fully saturated rings. The number of amides is 2. The van der Waals surface area contributed by atoms with Crippen molar-refractivity contribution in [3.63, 3.8) is 0 Å². The number of nitrogens with zero attached hydrogens (tertiary/aromatic N) is 2. The van der Waals surface area contributed by atoms with Gasteiger partial charge in [-0.2, -0.15) is 0 Å². The molecule has 0 radical (unpaired) electrons. The average Bonchev–Trinajstić information content (AvgIpc) is 2.79. The van der Waals surface area contributed by atoms with Crippen molar-refractivity contribution >= 4 is 11.8 Å². The van der Waals surface area contributed by atoms with Gasteiger partial charge in [-0.25, -0.2) is 0 Å². The van der Waals surface area contributed by atoms with Gasteiger partial charge in [-0.1, -0.05) is 6.07 Å². The molecule has 1 unspecified atom stereocenters. The number of likely N-dealkylation sites (tertiary alicyclic amines) is 1. The van der Waals surface area contributed by atoms with Crippen LogP contribution in [0.2, 0.25) is 0 Å². The van der Waals surface area contributed by atoms with Crippen LogP contribution in [0.1, 0.15) is 36.0 Å². The molecule has 0 spiro atoms. The average molecular weight is 421 g/mol. The zero-order chi connectivity index (χ0) is 21.5. The van der Waals surface area contributed by atoms with Gasteiger partial charge in [0.1, 0.15) is 6.61 Å². The molecule has 2 saturated heterocycles. The lowest BCUT2D eigenvalue weighted by molar-refractivity contribution is -0.143. The van der Waals surface area contributed by atoms with Crippen molar-refractivity contribution in [1.29, 1.82) is 0 Å². The Balaban J connectivity index is 1.80. The Labute approximate surface area is 178 Å². The normalized spacial score (nSPS) is 20.0. The Morgan fingerprint density at radius 3 is 2.53 bits per heavy atom. The van der Waals surface area contributed by atoms with Crippen molar-refractivity contribution in [1.82, 2.24) is 9.80 Å². The third kappa shape index (κ3) is 4.87. The quantitative estimate of drug-likeness (QED) is 0.671. The molecule has 1 aromatic carbocycles. The summed E-state index contributed by atoms with van der Waals surface area (Å²) in [6, 6.07) is 5.38. The van der Waals surface area contributed by atoms with Gasteiger partial charge in [-0.3, -0.25) is 9.59 Å². The molecule has 0 aliphatic carbocycles. The molecule has 2 amide bonds. The molecule has 0 aromatic heterocycles. The number of benzene rings is 1. The molecule has 8 nitrogen and oxygen atoms in total. The third-order valence-electron chi connectivity index (χ3n) is 5.85. The minimum Gasteiger partial charge on any atom is -0.493 e. The van der Waals surface area contributed by atoms with Crippen molar-refractivity contribution in [3.05, 3.63) is 23.8 Å². The Hall–Kier alpha value is -2.32. The topological polar surface area (TPSA) is 77.5 Å². The zero-order valence-corrected chi connectivity index (χ0v) is 18.1. The number of carbonyl (C=O) groups is 2. The molecule has 2 aliphatic heterocycles. The second-order valence-electron chi connectivity index (χ2n) is 7.67. The van der Waals surface area contributed by atoms with Gasteiger partial charge in [0.15, 0.2) is 11.5 Å². The first-order valence-electron chi connectivity index (χ1n) is 10.5. The Kier molecular flexibility index (Phi) is 7.93.